The van der Waals surface area contributed by atoms with Gasteiger partial charge >= 0.3 is 0 Å². The monoisotopic (exact) mass is 329 g/mol. The standard InChI is InChI=1S/C16H24ClNO2S/c1-2-8-18-16(10-13-3-5-15(17)6-4-13)11-14-7-9-21(19,20)12-14/h3-6,14,16,18H,2,7-12H2,1H3. The lowest BCUT2D eigenvalue weighted by Crippen LogP contribution is -2.34. The van der Waals surface area contributed by atoms with E-state index in [0.29, 0.717) is 23.5 Å². The summed E-state index contributed by atoms with van der Waals surface area (Å²) in [5, 5.41) is 4.31. The van der Waals surface area contributed by atoms with Crippen LogP contribution in [0, 0.1) is 5.92 Å². The Bertz CT molecular complexity index is 542. The van der Waals surface area contributed by atoms with Crippen molar-refractivity contribution in [3.05, 3.63) is 34.9 Å². The molecule has 0 radical (unpaired) electrons. The normalized spacial score (nSPS) is 22.3. The number of nitrogens with one attached hydrogen (secondary N) is 1. The SMILES string of the molecule is CCCNC(Cc1ccc(Cl)cc1)CC1CCS(=O)(=O)C1. The second kappa shape index (κ2) is 7.61. The Hall–Kier alpha value is -0.580. The Morgan fingerprint density at radius 2 is 2.05 bits per heavy atom. The third-order valence-electron chi connectivity index (χ3n) is 4.02. The topological polar surface area (TPSA) is 46.2 Å². The molecule has 3 nitrogen and oxygen atoms in total. The summed E-state index contributed by atoms with van der Waals surface area (Å²) < 4.78 is 23.2. The maximum absolute atomic E-state index is 11.6. The minimum Gasteiger partial charge on any atom is -0.314 e. The first-order chi connectivity index (χ1) is 9.98. The Morgan fingerprint density at radius 1 is 1.33 bits per heavy atom. The van der Waals surface area contributed by atoms with Gasteiger partial charge in [-0.05, 0) is 55.8 Å². The summed E-state index contributed by atoms with van der Waals surface area (Å²) in [6.45, 7) is 3.12. The van der Waals surface area contributed by atoms with E-state index in [-0.39, 0.29) is 0 Å². The van der Waals surface area contributed by atoms with Crippen LogP contribution >= 0.6 is 11.6 Å². The molecule has 1 N–H and O–H groups in total. The number of sulfone groups is 1. The van der Waals surface area contributed by atoms with E-state index in [4.69, 9.17) is 11.6 Å². The van der Waals surface area contributed by atoms with Crippen LogP contribution in [0.1, 0.15) is 31.7 Å². The predicted octanol–water partition coefficient (Wildman–Crippen LogP) is 3.08. The van der Waals surface area contributed by atoms with Crippen LogP contribution in [0.4, 0.5) is 0 Å². The third-order valence-corrected chi connectivity index (χ3v) is 6.11. The van der Waals surface area contributed by atoms with Crippen molar-refractivity contribution >= 4 is 21.4 Å². The maximum atomic E-state index is 11.6. The molecule has 1 saturated heterocycles. The number of halogens is 1. The van der Waals surface area contributed by atoms with Crippen molar-refractivity contribution in [2.75, 3.05) is 18.1 Å². The van der Waals surface area contributed by atoms with E-state index in [2.05, 4.69) is 12.2 Å². The molecular weight excluding hydrogens is 306 g/mol. The summed E-state index contributed by atoms with van der Waals surface area (Å²) in [4.78, 5) is 0. The van der Waals surface area contributed by atoms with Crippen molar-refractivity contribution in [2.45, 2.75) is 38.6 Å². The van der Waals surface area contributed by atoms with E-state index in [9.17, 15) is 8.42 Å². The summed E-state index contributed by atoms with van der Waals surface area (Å²) in [6, 6.07) is 8.26. The van der Waals surface area contributed by atoms with Gasteiger partial charge in [0.15, 0.2) is 9.84 Å². The highest BCUT2D eigenvalue weighted by Gasteiger charge is 2.29. The molecule has 2 rings (SSSR count). The zero-order valence-corrected chi connectivity index (χ0v) is 14.1. The predicted molar refractivity (Wildman–Crippen MR) is 88.6 cm³/mol. The van der Waals surface area contributed by atoms with Gasteiger partial charge in [0.1, 0.15) is 0 Å². The number of hydrogen-bond acceptors (Lipinski definition) is 3. The molecule has 1 heterocycles. The highest BCUT2D eigenvalue weighted by Crippen LogP contribution is 2.24. The van der Waals surface area contributed by atoms with Crippen molar-refractivity contribution in [1.82, 2.24) is 5.32 Å². The van der Waals surface area contributed by atoms with E-state index >= 15 is 0 Å². The fraction of sp³-hybridized carbons (Fsp3) is 0.625. The second-order valence-corrected chi connectivity index (χ2v) is 8.65. The molecule has 0 spiro atoms. The molecule has 5 heteroatoms. The second-order valence-electron chi connectivity index (χ2n) is 5.99. The Morgan fingerprint density at radius 3 is 2.62 bits per heavy atom. The average molecular weight is 330 g/mol. The first kappa shape index (κ1) is 16.8. The summed E-state index contributed by atoms with van der Waals surface area (Å²) in [6.07, 6.45) is 3.75. The molecule has 1 aromatic carbocycles. The first-order valence-electron chi connectivity index (χ1n) is 7.67. The van der Waals surface area contributed by atoms with E-state index < -0.39 is 9.84 Å². The van der Waals surface area contributed by atoms with Crippen LogP contribution in [-0.4, -0.2) is 32.5 Å². The molecule has 0 bridgehead atoms. The molecule has 1 aliphatic rings. The van der Waals surface area contributed by atoms with Crippen LogP contribution < -0.4 is 5.32 Å². The fourth-order valence-electron chi connectivity index (χ4n) is 2.95. The van der Waals surface area contributed by atoms with Crippen LogP contribution in [0.3, 0.4) is 0 Å². The van der Waals surface area contributed by atoms with Gasteiger partial charge in [-0.2, -0.15) is 0 Å². The van der Waals surface area contributed by atoms with Crippen molar-refractivity contribution in [1.29, 1.82) is 0 Å². The van der Waals surface area contributed by atoms with Gasteiger partial charge < -0.3 is 5.32 Å². The van der Waals surface area contributed by atoms with Crippen molar-refractivity contribution in [2.24, 2.45) is 5.92 Å². The maximum Gasteiger partial charge on any atom is 0.150 e. The van der Waals surface area contributed by atoms with Crippen LogP contribution in [0.2, 0.25) is 5.02 Å². The largest absolute Gasteiger partial charge is 0.314 e. The van der Waals surface area contributed by atoms with Gasteiger partial charge in [0.2, 0.25) is 0 Å². The Labute approximate surface area is 133 Å². The van der Waals surface area contributed by atoms with Crippen molar-refractivity contribution in [3.63, 3.8) is 0 Å². The molecular formula is C16H24ClNO2S. The minimum atomic E-state index is -2.79. The van der Waals surface area contributed by atoms with Gasteiger partial charge in [0.05, 0.1) is 11.5 Å². The van der Waals surface area contributed by atoms with Crippen LogP contribution in [0.15, 0.2) is 24.3 Å². The van der Waals surface area contributed by atoms with Gasteiger partial charge in [-0.15, -0.1) is 0 Å². The van der Waals surface area contributed by atoms with Crippen LogP contribution in [-0.2, 0) is 16.3 Å². The fourth-order valence-corrected chi connectivity index (χ4v) is 4.96. The zero-order valence-electron chi connectivity index (χ0n) is 12.5. The molecule has 118 valence electrons. The summed E-state index contributed by atoms with van der Waals surface area (Å²) in [5.41, 5.74) is 1.24. The highest BCUT2D eigenvalue weighted by atomic mass is 35.5. The van der Waals surface area contributed by atoms with Crippen molar-refractivity contribution < 1.29 is 8.42 Å². The number of rotatable bonds is 7. The quantitative estimate of drug-likeness (QED) is 0.836. The van der Waals surface area contributed by atoms with E-state index in [1.807, 2.05) is 24.3 Å². The van der Waals surface area contributed by atoms with Crippen molar-refractivity contribution in [3.8, 4) is 0 Å². The highest BCUT2D eigenvalue weighted by molar-refractivity contribution is 7.91. The van der Waals surface area contributed by atoms with Crippen LogP contribution in [0.25, 0.3) is 0 Å². The first-order valence-corrected chi connectivity index (χ1v) is 9.86. The van der Waals surface area contributed by atoms with Gasteiger partial charge in [0.25, 0.3) is 0 Å². The molecule has 0 aromatic heterocycles. The van der Waals surface area contributed by atoms with Crippen LogP contribution in [0.5, 0.6) is 0 Å². The summed E-state index contributed by atoms with van der Waals surface area (Å²) in [7, 11) is -2.79. The molecule has 1 aliphatic heterocycles. The molecule has 21 heavy (non-hydrogen) atoms. The molecule has 2 atom stereocenters. The molecule has 2 unspecified atom stereocenters. The Kier molecular flexibility index (Phi) is 6.08. The average Bonchev–Trinajstić information content (AvgIpc) is 2.78. The van der Waals surface area contributed by atoms with Gasteiger partial charge in [0, 0.05) is 11.1 Å². The minimum absolute atomic E-state index is 0.302. The van der Waals surface area contributed by atoms with Gasteiger partial charge in [-0.25, -0.2) is 8.42 Å². The smallest absolute Gasteiger partial charge is 0.150 e. The number of hydrogen-bond donors (Lipinski definition) is 1. The summed E-state index contributed by atoms with van der Waals surface area (Å²) >= 11 is 5.92. The summed E-state index contributed by atoms with van der Waals surface area (Å²) in [5.74, 6) is 1.02. The zero-order chi connectivity index (χ0) is 15.3. The molecule has 1 aromatic rings. The lowest BCUT2D eigenvalue weighted by molar-refractivity contribution is 0.403. The van der Waals surface area contributed by atoms with E-state index in [1.165, 1.54) is 5.56 Å². The lowest BCUT2D eigenvalue weighted by atomic mass is 9.94. The van der Waals surface area contributed by atoms with Gasteiger partial charge in [-0.3, -0.25) is 0 Å². The van der Waals surface area contributed by atoms with E-state index in [0.717, 1.165) is 37.3 Å². The Balaban J connectivity index is 1.95. The molecule has 0 amide bonds. The third kappa shape index (κ3) is 5.61. The lowest BCUT2D eigenvalue weighted by Gasteiger charge is -2.21. The molecule has 0 saturated carbocycles. The van der Waals surface area contributed by atoms with E-state index in [1.54, 1.807) is 0 Å². The molecule has 1 fully saturated rings. The van der Waals surface area contributed by atoms with Gasteiger partial charge in [-0.1, -0.05) is 30.7 Å². The number of benzene rings is 1. The molecule has 0 aliphatic carbocycles.